The van der Waals surface area contributed by atoms with Crippen LogP contribution in [0.25, 0.3) is 0 Å². The summed E-state index contributed by atoms with van der Waals surface area (Å²) >= 11 is 1.65. The molecule has 0 aliphatic carbocycles. The first-order valence-electron chi connectivity index (χ1n) is 7.29. The first-order valence-corrected chi connectivity index (χ1v) is 10.1. The molecule has 1 atom stereocenters. The number of thioether (sulfide) groups is 1. The van der Waals surface area contributed by atoms with Gasteiger partial charge in [0.25, 0.3) is 0 Å². The molecule has 1 aromatic heterocycles. The van der Waals surface area contributed by atoms with E-state index in [2.05, 4.69) is 22.3 Å². The SMILES string of the molecule is Cn1c(C[C@@H]2CCS(=O)(=O)C2)nnc1SCc1ccccc1. The van der Waals surface area contributed by atoms with E-state index in [1.807, 2.05) is 29.8 Å². The molecule has 0 saturated carbocycles. The molecule has 2 heterocycles. The van der Waals surface area contributed by atoms with Crippen LogP contribution >= 0.6 is 11.8 Å². The van der Waals surface area contributed by atoms with Crippen molar-refractivity contribution >= 4 is 21.6 Å². The molecule has 0 N–H and O–H groups in total. The van der Waals surface area contributed by atoms with Crippen LogP contribution in [0.2, 0.25) is 0 Å². The summed E-state index contributed by atoms with van der Waals surface area (Å²) in [4.78, 5) is 0. The number of hydrogen-bond donors (Lipinski definition) is 0. The summed E-state index contributed by atoms with van der Waals surface area (Å²) < 4.78 is 25.1. The molecule has 0 unspecified atom stereocenters. The zero-order chi connectivity index (χ0) is 15.6. The Bertz CT molecular complexity index is 741. The summed E-state index contributed by atoms with van der Waals surface area (Å²) in [7, 11) is -0.880. The van der Waals surface area contributed by atoms with E-state index in [-0.39, 0.29) is 11.7 Å². The van der Waals surface area contributed by atoms with Gasteiger partial charge in [-0.2, -0.15) is 0 Å². The highest BCUT2D eigenvalue weighted by Crippen LogP contribution is 2.25. The van der Waals surface area contributed by atoms with E-state index in [4.69, 9.17) is 0 Å². The van der Waals surface area contributed by atoms with Crippen molar-refractivity contribution in [1.82, 2.24) is 14.8 Å². The van der Waals surface area contributed by atoms with E-state index >= 15 is 0 Å². The van der Waals surface area contributed by atoms with E-state index < -0.39 is 9.84 Å². The zero-order valence-corrected chi connectivity index (χ0v) is 14.1. The van der Waals surface area contributed by atoms with Gasteiger partial charge in [0.15, 0.2) is 15.0 Å². The lowest BCUT2D eigenvalue weighted by Gasteiger charge is -2.07. The Morgan fingerprint density at radius 2 is 2.05 bits per heavy atom. The second-order valence-electron chi connectivity index (χ2n) is 5.71. The molecule has 118 valence electrons. The van der Waals surface area contributed by atoms with Crippen LogP contribution in [0.3, 0.4) is 0 Å². The third kappa shape index (κ3) is 3.70. The minimum atomic E-state index is -2.83. The Labute approximate surface area is 135 Å². The fourth-order valence-corrected chi connectivity index (χ4v) is 5.41. The quantitative estimate of drug-likeness (QED) is 0.782. The maximum absolute atomic E-state index is 11.5. The van der Waals surface area contributed by atoms with Crippen LogP contribution in [-0.4, -0.2) is 34.7 Å². The Morgan fingerprint density at radius 1 is 1.27 bits per heavy atom. The van der Waals surface area contributed by atoms with Gasteiger partial charge in [0.05, 0.1) is 11.5 Å². The Kier molecular flexibility index (Phi) is 4.54. The van der Waals surface area contributed by atoms with E-state index in [0.29, 0.717) is 12.2 Å². The van der Waals surface area contributed by atoms with Crippen molar-refractivity contribution in [2.75, 3.05) is 11.5 Å². The standard InChI is InChI=1S/C15H19N3O2S2/c1-18-14(9-13-7-8-22(19,20)11-13)16-17-15(18)21-10-12-5-3-2-4-6-12/h2-6,13H,7-11H2,1H3/t13-/m0/s1. The maximum Gasteiger partial charge on any atom is 0.191 e. The zero-order valence-electron chi connectivity index (χ0n) is 12.5. The largest absolute Gasteiger partial charge is 0.309 e. The average Bonchev–Trinajstić information content (AvgIpc) is 3.02. The molecule has 0 amide bonds. The fraction of sp³-hybridized carbons (Fsp3) is 0.467. The first-order chi connectivity index (χ1) is 10.5. The van der Waals surface area contributed by atoms with Crippen LogP contribution < -0.4 is 0 Å². The van der Waals surface area contributed by atoms with Crippen molar-refractivity contribution in [2.24, 2.45) is 13.0 Å². The van der Waals surface area contributed by atoms with Crippen LogP contribution in [0.1, 0.15) is 17.8 Å². The summed E-state index contributed by atoms with van der Waals surface area (Å²) in [6, 6.07) is 10.2. The van der Waals surface area contributed by atoms with Crippen LogP contribution in [0.4, 0.5) is 0 Å². The molecule has 7 heteroatoms. The molecule has 0 bridgehead atoms. The maximum atomic E-state index is 11.5. The smallest absolute Gasteiger partial charge is 0.191 e. The van der Waals surface area contributed by atoms with Gasteiger partial charge < -0.3 is 4.57 Å². The predicted octanol–water partition coefficient (Wildman–Crippen LogP) is 2.08. The number of benzene rings is 1. The summed E-state index contributed by atoms with van der Waals surface area (Å²) in [6.45, 7) is 0. The summed E-state index contributed by atoms with van der Waals surface area (Å²) in [5.74, 6) is 2.50. The number of aromatic nitrogens is 3. The molecule has 1 aromatic carbocycles. The number of hydrogen-bond acceptors (Lipinski definition) is 5. The van der Waals surface area contributed by atoms with Gasteiger partial charge in [-0.25, -0.2) is 8.42 Å². The van der Waals surface area contributed by atoms with E-state index in [1.54, 1.807) is 11.8 Å². The number of nitrogens with zero attached hydrogens (tertiary/aromatic N) is 3. The Balaban J connectivity index is 1.62. The topological polar surface area (TPSA) is 64.8 Å². The van der Waals surface area contributed by atoms with Crippen molar-refractivity contribution in [2.45, 2.75) is 23.8 Å². The average molecular weight is 337 g/mol. The Morgan fingerprint density at radius 3 is 2.73 bits per heavy atom. The van der Waals surface area contributed by atoms with E-state index in [0.717, 1.165) is 23.2 Å². The molecule has 0 spiro atoms. The highest BCUT2D eigenvalue weighted by atomic mass is 32.2. The third-order valence-corrected chi connectivity index (χ3v) is 6.86. The van der Waals surface area contributed by atoms with Gasteiger partial charge in [0.1, 0.15) is 5.82 Å². The van der Waals surface area contributed by atoms with Gasteiger partial charge in [-0.15, -0.1) is 10.2 Å². The highest BCUT2D eigenvalue weighted by Gasteiger charge is 2.29. The van der Waals surface area contributed by atoms with Crippen molar-refractivity contribution in [3.8, 4) is 0 Å². The molecule has 5 nitrogen and oxygen atoms in total. The minimum Gasteiger partial charge on any atom is -0.309 e. The molecule has 1 fully saturated rings. The molecule has 0 radical (unpaired) electrons. The van der Waals surface area contributed by atoms with Crippen molar-refractivity contribution in [3.63, 3.8) is 0 Å². The molecule has 1 saturated heterocycles. The van der Waals surface area contributed by atoms with Crippen LogP contribution in [0.5, 0.6) is 0 Å². The van der Waals surface area contributed by atoms with E-state index in [1.165, 1.54) is 5.56 Å². The molecule has 1 aliphatic heterocycles. The van der Waals surface area contributed by atoms with Crippen molar-refractivity contribution < 1.29 is 8.42 Å². The van der Waals surface area contributed by atoms with Gasteiger partial charge in [-0.05, 0) is 17.9 Å². The van der Waals surface area contributed by atoms with Gasteiger partial charge in [-0.1, -0.05) is 42.1 Å². The van der Waals surface area contributed by atoms with Gasteiger partial charge >= 0.3 is 0 Å². The highest BCUT2D eigenvalue weighted by molar-refractivity contribution is 7.98. The van der Waals surface area contributed by atoms with Crippen LogP contribution in [0.15, 0.2) is 35.5 Å². The lowest BCUT2D eigenvalue weighted by Crippen LogP contribution is -2.11. The molecule has 22 heavy (non-hydrogen) atoms. The third-order valence-electron chi connectivity index (χ3n) is 3.93. The summed E-state index contributed by atoms with van der Waals surface area (Å²) in [6.07, 6.45) is 1.43. The number of rotatable bonds is 5. The van der Waals surface area contributed by atoms with Gasteiger partial charge in [-0.3, -0.25) is 0 Å². The lowest BCUT2D eigenvalue weighted by molar-refractivity contribution is 0.552. The predicted molar refractivity (Wildman–Crippen MR) is 87.5 cm³/mol. The number of sulfone groups is 1. The normalized spacial score (nSPS) is 20.3. The van der Waals surface area contributed by atoms with Gasteiger partial charge in [0, 0.05) is 19.2 Å². The summed E-state index contributed by atoms with van der Waals surface area (Å²) in [5, 5.41) is 9.35. The van der Waals surface area contributed by atoms with Crippen LogP contribution in [-0.2, 0) is 29.1 Å². The fourth-order valence-electron chi connectivity index (χ4n) is 2.66. The molecule has 2 aromatic rings. The second kappa shape index (κ2) is 6.42. The second-order valence-corrected chi connectivity index (χ2v) is 8.88. The van der Waals surface area contributed by atoms with Crippen molar-refractivity contribution in [1.29, 1.82) is 0 Å². The lowest BCUT2D eigenvalue weighted by atomic mass is 10.1. The van der Waals surface area contributed by atoms with Crippen LogP contribution in [0, 0.1) is 5.92 Å². The molecular formula is C15H19N3O2S2. The monoisotopic (exact) mass is 337 g/mol. The van der Waals surface area contributed by atoms with E-state index in [9.17, 15) is 8.42 Å². The van der Waals surface area contributed by atoms with Gasteiger partial charge in [0.2, 0.25) is 0 Å². The molecular weight excluding hydrogens is 318 g/mol. The minimum absolute atomic E-state index is 0.180. The molecule has 1 aliphatic rings. The first kappa shape index (κ1) is 15.6. The molecule has 3 rings (SSSR count). The Hall–Kier alpha value is -1.34. The van der Waals surface area contributed by atoms with Crippen molar-refractivity contribution in [3.05, 3.63) is 41.7 Å². The summed E-state index contributed by atoms with van der Waals surface area (Å²) in [5.41, 5.74) is 1.25.